The highest BCUT2D eigenvalue weighted by molar-refractivity contribution is 6.40. The molecule has 0 nitrogen and oxygen atoms in total. The third-order valence-electron chi connectivity index (χ3n) is 3.51. The minimum absolute atomic E-state index is 0.194. The van der Waals surface area contributed by atoms with Crippen LogP contribution in [0.1, 0.15) is 16.7 Å². The second kappa shape index (κ2) is 8.98. The highest BCUT2D eigenvalue weighted by Gasteiger charge is 2.33. The van der Waals surface area contributed by atoms with Gasteiger partial charge in [0.05, 0.1) is 5.34 Å². The van der Waals surface area contributed by atoms with Gasteiger partial charge in [-0.1, -0.05) is 91.0 Å². The van der Waals surface area contributed by atoms with Gasteiger partial charge in [0.1, 0.15) is 4.87 Å². The van der Waals surface area contributed by atoms with E-state index < -0.39 is 4.87 Å². The molecular weight excluding hydrogens is 347 g/mol. The van der Waals surface area contributed by atoms with Gasteiger partial charge in [-0.3, -0.25) is 0 Å². The molecule has 3 rings (SSSR count). The highest BCUT2D eigenvalue weighted by Crippen LogP contribution is 2.42. The van der Waals surface area contributed by atoms with Crippen LogP contribution in [0.15, 0.2) is 91.0 Å². The molecule has 3 aromatic carbocycles. The van der Waals surface area contributed by atoms with Crippen LogP contribution in [-0.4, -0.2) is 5.34 Å². The third-order valence-corrected chi connectivity index (χ3v) is 4.17. The summed E-state index contributed by atoms with van der Waals surface area (Å²) in [5.74, 6) is 0. The smallest absolute Gasteiger partial charge is 0.109 e. The lowest BCUT2D eigenvalue weighted by atomic mass is 9.84. The number of alkyl halides is 3. The summed E-state index contributed by atoms with van der Waals surface area (Å²) in [7, 11) is 0. The van der Waals surface area contributed by atoms with Gasteiger partial charge < -0.3 is 0 Å². The van der Waals surface area contributed by atoms with E-state index in [-0.39, 0.29) is 5.34 Å². The molecule has 0 unspecified atom stereocenters. The molecule has 0 atom stereocenters. The van der Waals surface area contributed by atoms with E-state index in [1.165, 1.54) is 0 Å². The first-order chi connectivity index (χ1) is 11.2. The molecule has 0 radical (unpaired) electrons. The monoisotopic (exact) mass is 362 g/mol. The summed E-state index contributed by atoms with van der Waals surface area (Å²) in [6.45, 7) is 0. The molecule has 0 N–H and O–H groups in total. The Balaban J connectivity index is 0.000000595. The average Bonchev–Trinajstić information content (AvgIpc) is 2.64. The third kappa shape index (κ3) is 4.29. The van der Waals surface area contributed by atoms with E-state index in [4.69, 9.17) is 34.8 Å². The maximum Gasteiger partial charge on any atom is 0.119 e. The number of rotatable bonds is 3. The fourth-order valence-corrected chi connectivity index (χ4v) is 2.88. The number of hydrogen-bond donors (Lipinski definition) is 0. The molecule has 0 spiro atoms. The first-order valence-electron chi connectivity index (χ1n) is 7.21. The van der Waals surface area contributed by atoms with Gasteiger partial charge in [-0.2, -0.15) is 0 Å². The van der Waals surface area contributed by atoms with Crippen molar-refractivity contribution in [1.82, 2.24) is 0 Å². The summed E-state index contributed by atoms with van der Waals surface area (Å²) < 4.78 is 0. The van der Waals surface area contributed by atoms with Crippen LogP contribution >= 0.6 is 34.8 Å². The standard InChI is InChI=1S/C19H15Cl.CH2Cl2/c20-19(16-10-4-1-5-11-16,17-12-6-2-7-13-17)18-14-8-3-9-15-18;2-1-3/h1-15H;1H2. The Hall–Kier alpha value is -1.47. The van der Waals surface area contributed by atoms with Crippen molar-refractivity contribution in [3.8, 4) is 0 Å². The van der Waals surface area contributed by atoms with E-state index in [9.17, 15) is 0 Å². The SMILES string of the molecule is ClC(c1ccccc1)(c1ccccc1)c1ccccc1.ClCCl. The lowest BCUT2D eigenvalue weighted by Crippen LogP contribution is -2.22. The number of benzene rings is 3. The molecule has 0 fully saturated rings. The molecule has 0 aliphatic rings. The molecule has 0 bridgehead atoms. The maximum absolute atomic E-state index is 7.12. The van der Waals surface area contributed by atoms with E-state index in [2.05, 4.69) is 36.4 Å². The van der Waals surface area contributed by atoms with Gasteiger partial charge in [0.15, 0.2) is 0 Å². The fourth-order valence-electron chi connectivity index (χ4n) is 2.50. The first kappa shape index (κ1) is 17.9. The van der Waals surface area contributed by atoms with Crippen molar-refractivity contribution in [3.63, 3.8) is 0 Å². The van der Waals surface area contributed by atoms with Crippen LogP contribution in [0.2, 0.25) is 0 Å². The molecule has 0 amide bonds. The molecule has 0 heterocycles. The lowest BCUT2D eigenvalue weighted by molar-refractivity contribution is 0.879. The van der Waals surface area contributed by atoms with Crippen molar-refractivity contribution in [2.24, 2.45) is 0 Å². The predicted octanol–water partition coefficient (Wildman–Crippen LogP) is 6.64. The minimum Gasteiger partial charge on any atom is -0.109 e. The van der Waals surface area contributed by atoms with Crippen LogP contribution in [-0.2, 0) is 4.87 Å². The first-order valence-corrected chi connectivity index (χ1v) is 8.65. The van der Waals surface area contributed by atoms with E-state index in [1.807, 2.05) is 54.6 Å². The van der Waals surface area contributed by atoms with E-state index in [1.54, 1.807) is 0 Å². The summed E-state index contributed by atoms with van der Waals surface area (Å²) in [5.41, 5.74) is 3.25. The Labute approximate surface area is 152 Å². The zero-order chi connectivity index (χ0) is 16.5. The Kier molecular flexibility index (Phi) is 6.98. The van der Waals surface area contributed by atoms with Crippen molar-refractivity contribution in [2.45, 2.75) is 4.87 Å². The summed E-state index contributed by atoms with van der Waals surface area (Å²) >= 11 is 16.6. The molecule has 3 aromatic rings. The second-order valence-electron chi connectivity index (χ2n) is 4.86. The van der Waals surface area contributed by atoms with Crippen molar-refractivity contribution in [2.75, 3.05) is 5.34 Å². The van der Waals surface area contributed by atoms with Crippen LogP contribution in [0.25, 0.3) is 0 Å². The maximum atomic E-state index is 7.12. The second-order valence-corrected chi connectivity index (χ2v) is 6.23. The van der Waals surface area contributed by atoms with E-state index in [0.29, 0.717) is 0 Å². The van der Waals surface area contributed by atoms with Crippen LogP contribution in [0, 0.1) is 0 Å². The fraction of sp³-hybridized carbons (Fsp3) is 0.100. The molecule has 3 heteroatoms. The van der Waals surface area contributed by atoms with Gasteiger partial charge in [0, 0.05) is 0 Å². The predicted molar refractivity (Wildman–Crippen MR) is 102 cm³/mol. The normalized spacial score (nSPS) is 10.6. The van der Waals surface area contributed by atoms with E-state index in [0.717, 1.165) is 16.7 Å². The van der Waals surface area contributed by atoms with Gasteiger partial charge in [0.2, 0.25) is 0 Å². The van der Waals surface area contributed by atoms with Gasteiger partial charge in [-0.05, 0) is 16.7 Å². The van der Waals surface area contributed by atoms with Crippen LogP contribution < -0.4 is 0 Å². The van der Waals surface area contributed by atoms with Gasteiger partial charge in [-0.25, -0.2) is 0 Å². The zero-order valence-corrected chi connectivity index (χ0v) is 14.8. The summed E-state index contributed by atoms with van der Waals surface area (Å²) in [6.07, 6.45) is 0. The van der Waals surface area contributed by atoms with Crippen molar-refractivity contribution >= 4 is 34.8 Å². The molecule has 0 saturated carbocycles. The lowest BCUT2D eigenvalue weighted by Gasteiger charge is -2.29. The molecule has 23 heavy (non-hydrogen) atoms. The largest absolute Gasteiger partial charge is 0.119 e. The van der Waals surface area contributed by atoms with Crippen molar-refractivity contribution in [3.05, 3.63) is 108 Å². The van der Waals surface area contributed by atoms with Crippen molar-refractivity contribution in [1.29, 1.82) is 0 Å². The topological polar surface area (TPSA) is 0 Å². The van der Waals surface area contributed by atoms with Crippen LogP contribution in [0.3, 0.4) is 0 Å². The molecule has 0 aromatic heterocycles. The van der Waals surface area contributed by atoms with E-state index >= 15 is 0 Å². The minimum atomic E-state index is -0.649. The number of halogens is 3. The molecule has 118 valence electrons. The quantitative estimate of drug-likeness (QED) is 0.361. The summed E-state index contributed by atoms with van der Waals surface area (Å²) in [6, 6.07) is 30.6. The number of hydrogen-bond acceptors (Lipinski definition) is 0. The molecule has 0 aliphatic carbocycles. The average molecular weight is 364 g/mol. The van der Waals surface area contributed by atoms with Crippen LogP contribution in [0.5, 0.6) is 0 Å². The van der Waals surface area contributed by atoms with Gasteiger partial charge in [0.25, 0.3) is 0 Å². The summed E-state index contributed by atoms with van der Waals surface area (Å²) in [4.78, 5) is -0.649. The molecule has 0 saturated heterocycles. The Morgan fingerprint density at radius 2 is 0.739 bits per heavy atom. The van der Waals surface area contributed by atoms with Crippen LogP contribution in [0.4, 0.5) is 0 Å². The highest BCUT2D eigenvalue weighted by atomic mass is 35.5. The Bertz CT molecular complexity index is 585. The van der Waals surface area contributed by atoms with Gasteiger partial charge in [-0.15, -0.1) is 34.8 Å². The zero-order valence-electron chi connectivity index (χ0n) is 12.5. The van der Waals surface area contributed by atoms with Gasteiger partial charge >= 0.3 is 0 Å². The Morgan fingerprint density at radius 3 is 0.957 bits per heavy atom. The summed E-state index contributed by atoms with van der Waals surface area (Å²) in [5, 5.41) is 0.194. The molecule has 0 aliphatic heterocycles. The molecular formula is C20H17Cl3. The Morgan fingerprint density at radius 1 is 0.522 bits per heavy atom. The van der Waals surface area contributed by atoms with Crippen molar-refractivity contribution < 1.29 is 0 Å².